The van der Waals surface area contributed by atoms with E-state index >= 15 is 0 Å². The van der Waals surface area contributed by atoms with E-state index in [0.717, 1.165) is 30.4 Å². The normalized spacial score (nSPS) is 11.6. The number of hydrogen-bond donors (Lipinski definition) is 1. The topological polar surface area (TPSA) is 40.5 Å². The van der Waals surface area contributed by atoms with Crippen LogP contribution >= 0.6 is 11.6 Å². The summed E-state index contributed by atoms with van der Waals surface area (Å²) in [4.78, 5) is 12.8. The molecule has 0 aromatic heterocycles. The molecule has 1 aromatic carbocycles. The lowest BCUT2D eigenvalue weighted by Crippen LogP contribution is -2.31. The van der Waals surface area contributed by atoms with Gasteiger partial charge in [-0.2, -0.15) is 0 Å². The van der Waals surface area contributed by atoms with Gasteiger partial charge in [0, 0.05) is 19.2 Å². The molecule has 0 spiro atoms. The number of nitrogens with zero attached hydrogens (tertiary/aromatic N) is 1. The Morgan fingerprint density at radius 1 is 1.24 bits per heavy atom. The van der Waals surface area contributed by atoms with Crippen LogP contribution < -0.4 is 4.90 Å². The maximum atomic E-state index is 10.5. The number of carboxylic acids is 1. The molecule has 4 heteroatoms. The summed E-state index contributed by atoms with van der Waals surface area (Å²) in [5.41, 5.74) is 1.80. The quantitative estimate of drug-likeness (QED) is 0.751. The van der Waals surface area contributed by atoms with E-state index in [1.807, 2.05) is 18.2 Å². The lowest BCUT2D eigenvalue weighted by atomic mass is 10.1. The SMILES string of the molecule is CC(C)CN(CC(C)C)c1ccc(/C=C/C(=O)O)cc1Cl. The second-order valence-electron chi connectivity index (χ2n) is 6.08. The molecule has 0 amide bonds. The molecule has 3 nitrogen and oxygen atoms in total. The van der Waals surface area contributed by atoms with Gasteiger partial charge in [-0.05, 0) is 35.6 Å². The Hall–Kier alpha value is -1.48. The zero-order chi connectivity index (χ0) is 16.0. The van der Waals surface area contributed by atoms with Crippen molar-refractivity contribution >= 4 is 29.3 Å². The summed E-state index contributed by atoms with van der Waals surface area (Å²) in [6, 6.07) is 5.67. The van der Waals surface area contributed by atoms with E-state index < -0.39 is 5.97 Å². The van der Waals surface area contributed by atoms with Crippen LogP contribution in [0.4, 0.5) is 5.69 Å². The number of benzene rings is 1. The highest BCUT2D eigenvalue weighted by atomic mass is 35.5. The van der Waals surface area contributed by atoms with Gasteiger partial charge in [0.25, 0.3) is 0 Å². The van der Waals surface area contributed by atoms with Crippen molar-refractivity contribution in [3.8, 4) is 0 Å². The highest BCUT2D eigenvalue weighted by Crippen LogP contribution is 2.28. The molecule has 0 bridgehead atoms. The predicted molar refractivity (Wildman–Crippen MR) is 90.0 cm³/mol. The van der Waals surface area contributed by atoms with Gasteiger partial charge < -0.3 is 10.0 Å². The zero-order valence-corrected chi connectivity index (χ0v) is 13.9. The second-order valence-corrected chi connectivity index (χ2v) is 6.48. The van der Waals surface area contributed by atoms with Gasteiger partial charge in [0.1, 0.15) is 0 Å². The Bertz CT molecular complexity index is 500. The second kappa shape index (κ2) is 8.08. The fourth-order valence-electron chi connectivity index (χ4n) is 2.20. The minimum Gasteiger partial charge on any atom is -0.478 e. The van der Waals surface area contributed by atoms with Crippen LogP contribution in [0, 0.1) is 11.8 Å². The van der Waals surface area contributed by atoms with Crippen LogP contribution in [0.3, 0.4) is 0 Å². The molecule has 21 heavy (non-hydrogen) atoms. The highest BCUT2D eigenvalue weighted by molar-refractivity contribution is 6.33. The summed E-state index contributed by atoms with van der Waals surface area (Å²) >= 11 is 6.38. The van der Waals surface area contributed by atoms with Crippen LogP contribution in [0.15, 0.2) is 24.3 Å². The molecule has 0 atom stereocenters. The Morgan fingerprint density at radius 3 is 2.24 bits per heavy atom. The lowest BCUT2D eigenvalue weighted by Gasteiger charge is -2.29. The van der Waals surface area contributed by atoms with Crippen molar-refractivity contribution in [1.29, 1.82) is 0 Å². The van der Waals surface area contributed by atoms with Crippen LogP contribution in [-0.2, 0) is 4.79 Å². The van der Waals surface area contributed by atoms with E-state index in [0.29, 0.717) is 16.9 Å². The number of hydrogen-bond acceptors (Lipinski definition) is 2. The van der Waals surface area contributed by atoms with E-state index in [1.54, 1.807) is 6.08 Å². The predicted octanol–water partition coefficient (Wildman–Crippen LogP) is 4.56. The van der Waals surface area contributed by atoms with Gasteiger partial charge in [0.05, 0.1) is 10.7 Å². The zero-order valence-electron chi connectivity index (χ0n) is 13.1. The Kier molecular flexibility index (Phi) is 6.76. The highest BCUT2D eigenvalue weighted by Gasteiger charge is 2.13. The van der Waals surface area contributed by atoms with Crippen molar-refractivity contribution in [2.45, 2.75) is 27.7 Å². The van der Waals surface area contributed by atoms with Gasteiger partial charge in [-0.3, -0.25) is 0 Å². The first-order valence-electron chi connectivity index (χ1n) is 7.25. The number of aliphatic carboxylic acids is 1. The van der Waals surface area contributed by atoms with E-state index in [-0.39, 0.29) is 0 Å². The van der Waals surface area contributed by atoms with Gasteiger partial charge in [-0.15, -0.1) is 0 Å². The average molecular weight is 310 g/mol. The van der Waals surface area contributed by atoms with Gasteiger partial charge in [-0.25, -0.2) is 4.79 Å². The molecule has 0 radical (unpaired) electrons. The summed E-state index contributed by atoms with van der Waals surface area (Å²) < 4.78 is 0. The minimum atomic E-state index is -0.962. The molecule has 1 N–H and O–H groups in total. The monoisotopic (exact) mass is 309 g/mol. The molecule has 116 valence electrons. The third kappa shape index (κ3) is 6.21. The maximum Gasteiger partial charge on any atom is 0.328 e. The molecule has 1 aromatic rings. The van der Waals surface area contributed by atoms with Crippen LogP contribution in [-0.4, -0.2) is 24.2 Å². The molecular formula is C17H24ClNO2. The summed E-state index contributed by atoms with van der Waals surface area (Å²) in [6.45, 7) is 10.6. The summed E-state index contributed by atoms with van der Waals surface area (Å²) in [7, 11) is 0. The average Bonchev–Trinajstić information content (AvgIpc) is 2.34. The first kappa shape index (κ1) is 17.6. The molecule has 0 saturated carbocycles. The van der Waals surface area contributed by atoms with Gasteiger partial charge in [0.2, 0.25) is 0 Å². The Labute approximate surface area is 132 Å². The third-order valence-corrected chi connectivity index (χ3v) is 3.20. The Balaban J connectivity index is 3.01. The van der Waals surface area contributed by atoms with E-state index in [2.05, 4.69) is 32.6 Å². The van der Waals surface area contributed by atoms with Crippen molar-refractivity contribution in [3.63, 3.8) is 0 Å². The third-order valence-electron chi connectivity index (χ3n) is 2.90. The molecule has 0 aliphatic rings. The number of anilines is 1. The molecule has 1 rings (SSSR count). The van der Waals surface area contributed by atoms with Crippen molar-refractivity contribution < 1.29 is 9.90 Å². The molecular weight excluding hydrogens is 286 g/mol. The van der Waals surface area contributed by atoms with E-state index in [4.69, 9.17) is 16.7 Å². The first-order chi connectivity index (χ1) is 9.79. The van der Waals surface area contributed by atoms with Crippen LogP contribution in [0.25, 0.3) is 6.08 Å². The van der Waals surface area contributed by atoms with Crippen LogP contribution in [0.5, 0.6) is 0 Å². The lowest BCUT2D eigenvalue weighted by molar-refractivity contribution is -0.131. The largest absolute Gasteiger partial charge is 0.478 e. The number of carbonyl (C=O) groups is 1. The standard InChI is InChI=1S/C17H24ClNO2/c1-12(2)10-19(11-13(3)4)16-7-5-14(9-15(16)18)6-8-17(20)21/h5-9,12-13H,10-11H2,1-4H3,(H,20,21)/b8-6+. The van der Waals surface area contributed by atoms with Crippen LogP contribution in [0.2, 0.25) is 5.02 Å². The van der Waals surface area contributed by atoms with E-state index in [1.165, 1.54) is 0 Å². The first-order valence-corrected chi connectivity index (χ1v) is 7.63. The Morgan fingerprint density at radius 2 is 1.81 bits per heavy atom. The molecule has 0 aliphatic carbocycles. The summed E-state index contributed by atoms with van der Waals surface area (Å²) in [5.74, 6) is 0.134. The number of halogens is 1. The maximum absolute atomic E-state index is 10.5. The van der Waals surface area contributed by atoms with Crippen LogP contribution in [0.1, 0.15) is 33.3 Å². The molecule has 0 unspecified atom stereocenters. The molecule has 0 saturated heterocycles. The van der Waals surface area contributed by atoms with Gasteiger partial charge >= 0.3 is 5.97 Å². The molecule has 0 aliphatic heterocycles. The fraction of sp³-hybridized carbons (Fsp3) is 0.471. The van der Waals surface area contributed by atoms with E-state index in [9.17, 15) is 4.79 Å². The smallest absolute Gasteiger partial charge is 0.328 e. The number of rotatable bonds is 7. The molecule has 0 fully saturated rings. The minimum absolute atomic E-state index is 0.548. The number of carboxylic acid groups (broad SMARTS) is 1. The van der Waals surface area contributed by atoms with Gasteiger partial charge in [-0.1, -0.05) is 45.4 Å². The van der Waals surface area contributed by atoms with Crippen molar-refractivity contribution in [2.75, 3.05) is 18.0 Å². The van der Waals surface area contributed by atoms with Crippen molar-refractivity contribution in [2.24, 2.45) is 11.8 Å². The summed E-state index contributed by atoms with van der Waals surface area (Å²) in [5, 5.41) is 9.31. The fourth-order valence-corrected chi connectivity index (χ4v) is 2.51. The van der Waals surface area contributed by atoms with Crippen molar-refractivity contribution in [1.82, 2.24) is 0 Å². The molecule has 0 heterocycles. The van der Waals surface area contributed by atoms with Crippen molar-refractivity contribution in [3.05, 3.63) is 34.9 Å². The van der Waals surface area contributed by atoms with Gasteiger partial charge in [0.15, 0.2) is 0 Å². The summed E-state index contributed by atoms with van der Waals surface area (Å²) in [6.07, 6.45) is 2.67.